The van der Waals surface area contributed by atoms with Crippen LogP contribution in [-0.4, -0.2) is 24.7 Å². The number of nitrogens with zero attached hydrogens (tertiary/aromatic N) is 1. The van der Waals surface area contributed by atoms with Crippen molar-refractivity contribution in [1.82, 2.24) is 0 Å². The summed E-state index contributed by atoms with van der Waals surface area (Å²) < 4.78 is 0. The van der Waals surface area contributed by atoms with E-state index in [0.717, 1.165) is 16.8 Å². The lowest BCUT2D eigenvalue weighted by molar-refractivity contribution is 0.0992. The highest BCUT2D eigenvalue weighted by atomic mass is 16.2. The molecule has 3 heteroatoms. The van der Waals surface area contributed by atoms with Gasteiger partial charge in [-0.15, -0.1) is 0 Å². The second-order valence-corrected chi connectivity index (χ2v) is 4.69. The molecule has 2 rings (SSSR count). The number of hydrogen-bond acceptors (Lipinski definition) is 2. The number of anilines is 1. The van der Waals surface area contributed by atoms with Crippen molar-refractivity contribution in [2.45, 2.75) is 6.92 Å². The first kappa shape index (κ1) is 14.8. The summed E-state index contributed by atoms with van der Waals surface area (Å²) in [5, 5.41) is 8.75. The molecular weight excluding hydrogens is 262 g/mol. The standard InChI is InChI=1S/C18H17NO2/c1-14-10-11-15(7-6-12-20)13-17(14)18(21)19(2)16-8-4-3-5-9-16/h3-5,8-11,13,20H,12H2,1-2H3. The lowest BCUT2D eigenvalue weighted by Gasteiger charge is -2.18. The van der Waals surface area contributed by atoms with Gasteiger partial charge in [-0.3, -0.25) is 4.79 Å². The molecule has 0 spiro atoms. The van der Waals surface area contributed by atoms with Gasteiger partial charge < -0.3 is 10.0 Å². The van der Waals surface area contributed by atoms with Crippen molar-refractivity contribution in [1.29, 1.82) is 0 Å². The summed E-state index contributed by atoms with van der Waals surface area (Å²) in [6, 6.07) is 15.0. The highest BCUT2D eigenvalue weighted by molar-refractivity contribution is 6.06. The van der Waals surface area contributed by atoms with Gasteiger partial charge in [0.1, 0.15) is 6.61 Å². The maximum atomic E-state index is 12.6. The van der Waals surface area contributed by atoms with Crippen LogP contribution >= 0.6 is 0 Å². The minimum Gasteiger partial charge on any atom is -0.384 e. The molecule has 0 radical (unpaired) electrons. The summed E-state index contributed by atoms with van der Waals surface area (Å²) >= 11 is 0. The van der Waals surface area contributed by atoms with E-state index in [1.54, 1.807) is 18.0 Å². The fourth-order valence-electron chi connectivity index (χ4n) is 2.02. The Morgan fingerprint density at radius 2 is 1.90 bits per heavy atom. The van der Waals surface area contributed by atoms with Crippen molar-refractivity contribution < 1.29 is 9.90 Å². The average Bonchev–Trinajstić information content (AvgIpc) is 2.53. The number of rotatable bonds is 2. The van der Waals surface area contributed by atoms with Crippen LogP contribution in [0.2, 0.25) is 0 Å². The number of hydrogen-bond donors (Lipinski definition) is 1. The van der Waals surface area contributed by atoms with Crippen LogP contribution in [0, 0.1) is 18.8 Å². The van der Waals surface area contributed by atoms with Gasteiger partial charge in [0.15, 0.2) is 0 Å². The maximum Gasteiger partial charge on any atom is 0.258 e. The van der Waals surface area contributed by atoms with Crippen molar-refractivity contribution in [3.8, 4) is 11.8 Å². The molecule has 0 saturated carbocycles. The lowest BCUT2D eigenvalue weighted by atomic mass is 10.0. The molecule has 2 aromatic rings. The first-order valence-electron chi connectivity index (χ1n) is 6.67. The van der Waals surface area contributed by atoms with Gasteiger partial charge in [-0.25, -0.2) is 0 Å². The quantitative estimate of drug-likeness (QED) is 0.858. The SMILES string of the molecule is Cc1ccc(C#CCO)cc1C(=O)N(C)c1ccccc1. The van der Waals surface area contributed by atoms with Crippen molar-refractivity contribution in [2.75, 3.05) is 18.6 Å². The number of aliphatic hydroxyl groups is 1. The molecule has 0 aliphatic heterocycles. The number of carbonyl (C=O) groups excluding carboxylic acids is 1. The Morgan fingerprint density at radius 1 is 1.19 bits per heavy atom. The monoisotopic (exact) mass is 279 g/mol. The van der Waals surface area contributed by atoms with Crippen LogP contribution in [-0.2, 0) is 0 Å². The Morgan fingerprint density at radius 3 is 2.57 bits per heavy atom. The molecule has 21 heavy (non-hydrogen) atoms. The first-order valence-corrected chi connectivity index (χ1v) is 6.67. The molecule has 0 aliphatic rings. The molecule has 3 nitrogen and oxygen atoms in total. The summed E-state index contributed by atoms with van der Waals surface area (Å²) in [5.41, 5.74) is 3.08. The molecule has 0 fully saturated rings. The Bertz CT molecular complexity index is 696. The zero-order valence-electron chi connectivity index (χ0n) is 12.1. The van der Waals surface area contributed by atoms with Crippen molar-refractivity contribution in [2.24, 2.45) is 0 Å². The highest BCUT2D eigenvalue weighted by Gasteiger charge is 2.15. The maximum absolute atomic E-state index is 12.6. The summed E-state index contributed by atoms with van der Waals surface area (Å²) in [6.07, 6.45) is 0. The van der Waals surface area contributed by atoms with Gasteiger partial charge >= 0.3 is 0 Å². The molecule has 2 aromatic carbocycles. The topological polar surface area (TPSA) is 40.5 Å². The molecule has 1 N–H and O–H groups in total. The number of aliphatic hydroxyl groups excluding tert-OH is 1. The van der Waals surface area contributed by atoms with E-state index in [2.05, 4.69) is 11.8 Å². The van der Waals surface area contributed by atoms with Crippen LogP contribution in [0.1, 0.15) is 21.5 Å². The third kappa shape index (κ3) is 3.50. The van der Waals surface area contributed by atoms with Crippen LogP contribution in [0.25, 0.3) is 0 Å². The van der Waals surface area contributed by atoms with E-state index in [1.165, 1.54) is 0 Å². The Balaban J connectivity index is 2.34. The van der Waals surface area contributed by atoms with E-state index in [4.69, 9.17) is 5.11 Å². The Hall–Kier alpha value is -2.57. The lowest BCUT2D eigenvalue weighted by Crippen LogP contribution is -2.26. The van der Waals surface area contributed by atoms with E-state index >= 15 is 0 Å². The Kier molecular flexibility index (Phi) is 4.76. The normalized spacial score (nSPS) is 9.67. The number of aryl methyl sites for hydroxylation is 1. The average molecular weight is 279 g/mol. The molecule has 0 heterocycles. The third-order valence-electron chi connectivity index (χ3n) is 3.23. The van der Waals surface area contributed by atoms with Gasteiger partial charge in [0.25, 0.3) is 5.91 Å². The van der Waals surface area contributed by atoms with E-state index in [9.17, 15) is 4.79 Å². The number of amides is 1. The molecule has 0 atom stereocenters. The molecular formula is C18H17NO2. The second-order valence-electron chi connectivity index (χ2n) is 4.69. The van der Waals surface area contributed by atoms with Crippen molar-refractivity contribution in [3.63, 3.8) is 0 Å². The van der Waals surface area contributed by atoms with Crippen LogP contribution in [0.5, 0.6) is 0 Å². The molecule has 0 unspecified atom stereocenters. The van der Waals surface area contributed by atoms with Gasteiger partial charge in [-0.2, -0.15) is 0 Å². The van der Waals surface area contributed by atoms with E-state index in [1.807, 2.05) is 49.4 Å². The fraction of sp³-hybridized carbons (Fsp3) is 0.167. The van der Waals surface area contributed by atoms with Crippen LogP contribution in [0.15, 0.2) is 48.5 Å². The minimum atomic E-state index is -0.193. The zero-order valence-corrected chi connectivity index (χ0v) is 12.1. The van der Waals surface area contributed by atoms with Crippen molar-refractivity contribution in [3.05, 3.63) is 65.2 Å². The molecule has 106 valence electrons. The van der Waals surface area contributed by atoms with Gasteiger partial charge in [-0.05, 0) is 36.8 Å². The fourth-order valence-corrected chi connectivity index (χ4v) is 2.02. The second kappa shape index (κ2) is 6.74. The first-order chi connectivity index (χ1) is 10.1. The summed E-state index contributed by atoms with van der Waals surface area (Å²) in [6.45, 7) is 1.70. The van der Waals surface area contributed by atoms with Gasteiger partial charge in [-0.1, -0.05) is 36.1 Å². The predicted molar refractivity (Wildman–Crippen MR) is 84.3 cm³/mol. The van der Waals surface area contributed by atoms with E-state index in [0.29, 0.717) is 5.56 Å². The summed E-state index contributed by atoms with van der Waals surface area (Å²) in [5.74, 6) is 5.34. The van der Waals surface area contributed by atoms with Crippen molar-refractivity contribution >= 4 is 11.6 Å². The Labute approximate surface area is 124 Å². The van der Waals surface area contributed by atoms with Gasteiger partial charge in [0.2, 0.25) is 0 Å². The number of para-hydroxylation sites is 1. The molecule has 0 bridgehead atoms. The summed E-state index contributed by atoms with van der Waals surface area (Å²) in [4.78, 5) is 14.2. The van der Waals surface area contributed by atoms with Crippen LogP contribution < -0.4 is 4.90 Å². The van der Waals surface area contributed by atoms with Crippen LogP contribution in [0.4, 0.5) is 5.69 Å². The van der Waals surface area contributed by atoms with E-state index < -0.39 is 0 Å². The molecule has 0 aliphatic carbocycles. The third-order valence-corrected chi connectivity index (χ3v) is 3.23. The van der Waals surface area contributed by atoms with Gasteiger partial charge in [0.05, 0.1) is 0 Å². The van der Waals surface area contributed by atoms with Gasteiger partial charge in [0, 0.05) is 23.9 Å². The number of carbonyl (C=O) groups is 1. The molecule has 0 saturated heterocycles. The largest absolute Gasteiger partial charge is 0.384 e. The zero-order chi connectivity index (χ0) is 15.2. The molecule has 0 aromatic heterocycles. The molecule has 1 amide bonds. The minimum absolute atomic E-state index is 0.0775. The number of benzene rings is 2. The van der Waals surface area contributed by atoms with E-state index in [-0.39, 0.29) is 12.5 Å². The predicted octanol–water partition coefficient (Wildman–Crippen LogP) is 2.62. The summed E-state index contributed by atoms with van der Waals surface area (Å²) in [7, 11) is 1.75. The smallest absolute Gasteiger partial charge is 0.258 e. The van der Waals surface area contributed by atoms with Crippen LogP contribution in [0.3, 0.4) is 0 Å². The highest BCUT2D eigenvalue weighted by Crippen LogP contribution is 2.18.